The minimum atomic E-state index is -0.0545. The molecule has 0 radical (unpaired) electrons. The number of nitrogens with zero attached hydrogens (tertiary/aromatic N) is 4. The third kappa shape index (κ3) is 4.55. The fraction of sp³-hybridized carbons (Fsp3) is 0.476. The summed E-state index contributed by atoms with van der Waals surface area (Å²) in [6, 6.07) is 12.2. The molecule has 6 nitrogen and oxygen atoms in total. The topological polar surface area (TPSA) is 71.2 Å². The number of benzene rings is 1. The van der Waals surface area contributed by atoms with Crippen molar-refractivity contribution in [2.45, 2.75) is 45.8 Å². The maximum atomic E-state index is 12.7. The molecule has 1 aromatic carbocycles. The number of carbonyl (C=O) groups is 1. The minimum absolute atomic E-state index is 0.0545. The van der Waals surface area contributed by atoms with E-state index < -0.39 is 0 Å². The van der Waals surface area contributed by atoms with Crippen LogP contribution in [0.2, 0.25) is 0 Å². The summed E-state index contributed by atoms with van der Waals surface area (Å²) < 4.78 is 7.73. The normalized spacial score (nSPS) is 16.9. The van der Waals surface area contributed by atoms with E-state index in [4.69, 9.17) is 10.00 Å². The zero-order valence-corrected chi connectivity index (χ0v) is 16.0. The Kier molecular flexibility index (Phi) is 6.25. The van der Waals surface area contributed by atoms with E-state index in [9.17, 15) is 4.79 Å². The number of aromatic nitrogens is 2. The molecule has 1 aliphatic heterocycles. The summed E-state index contributed by atoms with van der Waals surface area (Å²) in [5.74, 6) is 0.155. The molecule has 0 aliphatic carbocycles. The lowest BCUT2D eigenvalue weighted by molar-refractivity contribution is -0.139. The highest BCUT2D eigenvalue weighted by atomic mass is 16.5. The number of morpholine rings is 1. The van der Waals surface area contributed by atoms with Crippen molar-refractivity contribution < 1.29 is 9.53 Å². The van der Waals surface area contributed by atoms with E-state index in [1.807, 2.05) is 53.8 Å². The van der Waals surface area contributed by atoms with E-state index >= 15 is 0 Å². The first-order valence-electron chi connectivity index (χ1n) is 9.44. The van der Waals surface area contributed by atoms with Gasteiger partial charge in [-0.15, -0.1) is 0 Å². The van der Waals surface area contributed by atoms with E-state index in [0.29, 0.717) is 45.5 Å². The average Bonchev–Trinajstić information content (AvgIpc) is 2.98. The Bertz CT molecular complexity index is 823. The maximum Gasteiger partial charge on any atom is 0.223 e. The Morgan fingerprint density at radius 1 is 1.33 bits per heavy atom. The highest BCUT2D eigenvalue weighted by Gasteiger charge is 2.25. The molecule has 0 N–H and O–H groups in total. The van der Waals surface area contributed by atoms with E-state index in [2.05, 4.69) is 11.2 Å². The Balaban J connectivity index is 1.59. The largest absolute Gasteiger partial charge is 0.370 e. The van der Waals surface area contributed by atoms with Crippen molar-refractivity contribution in [3.63, 3.8) is 0 Å². The molecular formula is C21H26N4O2. The van der Waals surface area contributed by atoms with E-state index in [1.54, 1.807) is 0 Å². The molecule has 0 bridgehead atoms. The number of nitriles is 1. The van der Waals surface area contributed by atoms with Crippen molar-refractivity contribution in [3.8, 4) is 6.07 Å². The van der Waals surface area contributed by atoms with Gasteiger partial charge < -0.3 is 9.64 Å². The third-order valence-electron chi connectivity index (χ3n) is 5.15. The molecule has 6 heteroatoms. The van der Waals surface area contributed by atoms with Crippen molar-refractivity contribution in [2.75, 3.05) is 19.7 Å². The number of carbonyl (C=O) groups excluding carboxylic acids is 1. The molecule has 0 spiro atoms. The fourth-order valence-electron chi connectivity index (χ4n) is 3.60. The molecule has 1 atom stereocenters. The second-order valence-corrected chi connectivity index (χ2v) is 6.89. The summed E-state index contributed by atoms with van der Waals surface area (Å²) in [6.45, 7) is 6.38. The van der Waals surface area contributed by atoms with E-state index in [-0.39, 0.29) is 12.0 Å². The lowest BCUT2D eigenvalue weighted by Crippen LogP contribution is -2.42. The van der Waals surface area contributed by atoms with Gasteiger partial charge in [-0.2, -0.15) is 10.4 Å². The highest BCUT2D eigenvalue weighted by Crippen LogP contribution is 2.23. The molecule has 1 aromatic heterocycles. The molecule has 1 aliphatic rings. The van der Waals surface area contributed by atoms with Crippen molar-refractivity contribution in [3.05, 3.63) is 52.8 Å². The second-order valence-electron chi connectivity index (χ2n) is 6.89. The molecule has 2 aromatic rings. The van der Waals surface area contributed by atoms with Gasteiger partial charge in [0.25, 0.3) is 0 Å². The van der Waals surface area contributed by atoms with Gasteiger partial charge in [-0.1, -0.05) is 30.3 Å². The summed E-state index contributed by atoms with van der Waals surface area (Å²) >= 11 is 0. The van der Waals surface area contributed by atoms with Crippen LogP contribution in [0.5, 0.6) is 0 Å². The van der Waals surface area contributed by atoms with E-state index in [1.165, 1.54) is 0 Å². The Labute approximate surface area is 160 Å². The predicted octanol–water partition coefficient (Wildman–Crippen LogP) is 2.95. The van der Waals surface area contributed by atoms with Crippen LogP contribution in [0.4, 0.5) is 0 Å². The molecule has 1 saturated heterocycles. The van der Waals surface area contributed by atoms with Crippen molar-refractivity contribution in [2.24, 2.45) is 0 Å². The molecular weight excluding hydrogens is 340 g/mol. The van der Waals surface area contributed by atoms with Crippen LogP contribution in [-0.2, 0) is 22.5 Å². The van der Waals surface area contributed by atoms with Crippen LogP contribution < -0.4 is 0 Å². The van der Waals surface area contributed by atoms with Crippen LogP contribution in [0.3, 0.4) is 0 Å². The average molecular weight is 366 g/mol. The third-order valence-corrected chi connectivity index (χ3v) is 5.15. The number of aryl methyl sites for hydroxylation is 2. The summed E-state index contributed by atoms with van der Waals surface area (Å²) in [6.07, 6.45) is 1.53. The van der Waals surface area contributed by atoms with Gasteiger partial charge in [0.2, 0.25) is 5.91 Å². The van der Waals surface area contributed by atoms with Crippen molar-refractivity contribution in [1.29, 1.82) is 5.26 Å². The highest BCUT2D eigenvalue weighted by molar-refractivity contribution is 5.76. The predicted molar refractivity (Wildman–Crippen MR) is 102 cm³/mol. The van der Waals surface area contributed by atoms with E-state index in [0.717, 1.165) is 22.5 Å². The number of amides is 1. The Morgan fingerprint density at radius 2 is 2.11 bits per heavy atom. The lowest BCUT2D eigenvalue weighted by atomic mass is 10.1. The SMILES string of the molecule is Cc1nn(CCC#N)c(C)c1CCC(=O)N1CCOC(c2ccccc2)C1. The van der Waals surface area contributed by atoms with Crippen LogP contribution in [0, 0.1) is 25.2 Å². The first-order chi connectivity index (χ1) is 13.1. The number of ether oxygens (including phenoxy) is 1. The van der Waals surface area contributed by atoms with Crippen LogP contribution in [0.25, 0.3) is 0 Å². The zero-order valence-electron chi connectivity index (χ0n) is 16.0. The van der Waals surface area contributed by atoms with Gasteiger partial charge >= 0.3 is 0 Å². The molecule has 2 heterocycles. The van der Waals surface area contributed by atoms with Crippen LogP contribution in [-0.4, -0.2) is 40.3 Å². The first-order valence-corrected chi connectivity index (χ1v) is 9.44. The molecule has 142 valence electrons. The quantitative estimate of drug-likeness (QED) is 0.788. The summed E-state index contributed by atoms with van der Waals surface area (Å²) in [4.78, 5) is 14.7. The van der Waals surface area contributed by atoms with Crippen LogP contribution >= 0.6 is 0 Å². The van der Waals surface area contributed by atoms with Crippen LogP contribution in [0.1, 0.15) is 41.5 Å². The van der Waals surface area contributed by atoms with Gasteiger partial charge in [-0.3, -0.25) is 9.48 Å². The van der Waals surface area contributed by atoms with Gasteiger partial charge in [0, 0.05) is 18.7 Å². The van der Waals surface area contributed by atoms with Crippen molar-refractivity contribution >= 4 is 5.91 Å². The molecule has 1 amide bonds. The molecule has 0 saturated carbocycles. The molecule has 1 fully saturated rings. The second kappa shape index (κ2) is 8.83. The smallest absolute Gasteiger partial charge is 0.223 e. The number of rotatable bonds is 6. The van der Waals surface area contributed by atoms with Gasteiger partial charge in [0.05, 0.1) is 37.9 Å². The van der Waals surface area contributed by atoms with Crippen molar-refractivity contribution in [1.82, 2.24) is 14.7 Å². The summed E-state index contributed by atoms with van der Waals surface area (Å²) in [5.41, 5.74) is 4.23. The first kappa shape index (κ1) is 19.1. The monoisotopic (exact) mass is 366 g/mol. The number of hydrogen-bond acceptors (Lipinski definition) is 4. The van der Waals surface area contributed by atoms with Gasteiger partial charge in [-0.05, 0) is 31.4 Å². The Hall–Kier alpha value is -2.65. The fourth-order valence-corrected chi connectivity index (χ4v) is 3.60. The summed E-state index contributed by atoms with van der Waals surface area (Å²) in [7, 11) is 0. The Morgan fingerprint density at radius 3 is 2.85 bits per heavy atom. The summed E-state index contributed by atoms with van der Waals surface area (Å²) in [5, 5.41) is 13.3. The molecule has 1 unspecified atom stereocenters. The zero-order chi connectivity index (χ0) is 19.2. The molecule has 3 rings (SSSR count). The lowest BCUT2D eigenvalue weighted by Gasteiger charge is -2.33. The molecule has 27 heavy (non-hydrogen) atoms. The minimum Gasteiger partial charge on any atom is -0.370 e. The van der Waals surface area contributed by atoms with Gasteiger partial charge in [-0.25, -0.2) is 0 Å². The van der Waals surface area contributed by atoms with Gasteiger partial charge in [0.1, 0.15) is 6.10 Å². The van der Waals surface area contributed by atoms with Crippen LogP contribution in [0.15, 0.2) is 30.3 Å². The maximum absolute atomic E-state index is 12.7. The number of hydrogen-bond donors (Lipinski definition) is 0. The van der Waals surface area contributed by atoms with Gasteiger partial charge in [0.15, 0.2) is 0 Å². The standard InChI is InChI=1S/C21H26N4O2/c1-16-19(17(2)25(23-16)12-6-11-22)9-10-21(26)24-13-14-27-20(15-24)18-7-4-3-5-8-18/h3-5,7-8,20H,6,9-10,12-15H2,1-2H3.